The van der Waals surface area contributed by atoms with Crippen molar-refractivity contribution >= 4 is 28.8 Å². The second-order valence-corrected chi connectivity index (χ2v) is 6.11. The van der Waals surface area contributed by atoms with E-state index < -0.39 is 0 Å². The maximum atomic E-state index is 11.4. The van der Waals surface area contributed by atoms with Crippen molar-refractivity contribution in [2.75, 3.05) is 6.54 Å². The molecule has 1 aromatic carbocycles. The molecular weight excluding hydrogens is 280 g/mol. The third kappa shape index (κ3) is 2.51. The quantitative estimate of drug-likeness (QED) is 0.807. The Morgan fingerprint density at radius 3 is 2.79 bits per heavy atom. The number of nitrogens with zero attached hydrogens (tertiary/aromatic N) is 2. The normalized spacial score (nSPS) is 14.3. The van der Waals surface area contributed by atoms with Gasteiger partial charge in [-0.3, -0.25) is 4.79 Å². The van der Waals surface area contributed by atoms with Gasteiger partial charge in [-0.15, -0.1) is 11.3 Å². The van der Waals surface area contributed by atoms with Gasteiger partial charge in [-0.2, -0.15) is 0 Å². The number of hydrogen-bond donors (Lipinski definition) is 0. The average Bonchev–Trinajstić information content (AvgIpc) is 2.82. The molecule has 19 heavy (non-hydrogen) atoms. The first kappa shape index (κ1) is 12.6. The number of carbonyl (C=O) groups is 1. The molecule has 0 N–H and O–H groups in total. The van der Waals surface area contributed by atoms with Crippen molar-refractivity contribution in [2.24, 2.45) is 0 Å². The number of aromatic nitrogens is 1. The molecule has 2 aromatic rings. The van der Waals surface area contributed by atoms with E-state index in [0.29, 0.717) is 6.54 Å². The zero-order valence-electron chi connectivity index (χ0n) is 10.5. The lowest BCUT2D eigenvalue weighted by Crippen LogP contribution is -2.33. The Labute approximate surface area is 120 Å². The van der Waals surface area contributed by atoms with Gasteiger partial charge in [0, 0.05) is 35.4 Å². The highest BCUT2D eigenvalue weighted by Gasteiger charge is 2.22. The zero-order chi connectivity index (χ0) is 13.4. The van der Waals surface area contributed by atoms with Crippen molar-refractivity contribution in [3.8, 4) is 10.6 Å². The summed E-state index contributed by atoms with van der Waals surface area (Å²) >= 11 is 7.56. The summed E-state index contributed by atoms with van der Waals surface area (Å²) in [5.74, 6) is 0.132. The van der Waals surface area contributed by atoms with Crippen LogP contribution >= 0.6 is 22.9 Å². The fourth-order valence-electron chi connectivity index (χ4n) is 2.18. The van der Waals surface area contributed by atoms with Crippen molar-refractivity contribution in [1.29, 1.82) is 0 Å². The molecule has 0 atom stereocenters. The maximum absolute atomic E-state index is 11.4. The Morgan fingerprint density at radius 1 is 1.37 bits per heavy atom. The van der Waals surface area contributed by atoms with Gasteiger partial charge in [-0.25, -0.2) is 4.98 Å². The van der Waals surface area contributed by atoms with Crippen LogP contribution in [0, 0.1) is 0 Å². The van der Waals surface area contributed by atoms with E-state index in [1.165, 1.54) is 4.88 Å². The molecule has 0 unspecified atom stereocenters. The SMILES string of the molecule is CC(=O)N1CCc2nc(-c3ccc(Cl)cc3)sc2C1. The number of hydrogen-bond acceptors (Lipinski definition) is 3. The van der Waals surface area contributed by atoms with Gasteiger partial charge in [0.15, 0.2) is 0 Å². The zero-order valence-corrected chi connectivity index (χ0v) is 12.1. The molecule has 5 heteroatoms. The first-order valence-corrected chi connectivity index (χ1v) is 7.33. The average molecular weight is 293 g/mol. The van der Waals surface area contributed by atoms with Crippen LogP contribution in [0.3, 0.4) is 0 Å². The second kappa shape index (κ2) is 4.94. The molecule has 98 valence electrons. The molecule has 1 amide bonds. The van der Waals surface area contributed by atoms with Crippen LogP contribution in [-0.2, 0) is 17.8 Å². The molecule has 1 aliphatic heterocycles. The van der Waals surface area contributed by atoms with Gasteiger partial charge in [0.2, 0.25) is 5.91 Å². The molecule has 0 saturated carbocycles. The lowest BCUT2D eigenvalue weighted by atomic mass is 10.2. The van der Waals surface area contributed by atoms with E-state index in [2.05, 4.69) is 4.98 Å². The Kier molecular flexibility index (Phi) is 3.29. The second-order valence-electron chi connectivity index (χ2n) is 4.59. The van der Waals surface area contributed by atoms with Crippen LogP contribution in [0.2, 0.25) is 5.02 Å². The topological polar surface area (TPSA) is 33.2 Å². The minimum atomic E-state index is 0.132. The molecule has 0 bridgehead atoms. The highest BCUT2D eigenvalue weighted by molar-refractivity contribution is 7.15. The molecule has 0 fully saturated rings. The Bertz CT molecular complexity index is 621. The smallest absolute Gasteiger partial charge is 0.219 e. The highest BCUT2D eigenvalue weighted by atomic mass is 35.5. The summed E-state index contributed by atoms with van der Waals surface area (Å²) in [6, 6.07) is 7.71. The fourth-order valence-corrected chi connectivity index (χ4v) is 3.44. The summed E-state index contributed by atoms with van der Waals surface area (Å²) in [4.78, 5) is 19.2. The Morgan fingerprint density at radius 2 is 2.11 bits per heavy atom. The van der Waals surface area contributed by atoms with E-state index in [1.807, 2.05) is 29.2 Å². The van der Waals surface area contributed by atoms with Gasteiger partial charge in [0.1, 0.15) is 5.01 Å². The molecule has 0 saturated heterocycles. The molecule has 0 spiro atoms. The number of carbonyl (C=O) groups excluding carboxylic acids is 1. The number of fused-ring (bicyclic) bond motifs is 1. The maximum Gasteiger partial charge on any atom is 0.219 e. The first-order chi connectivity index (χ1) is 9.13. The van der Waals surface area contributed by atoms with Crippen LogP contribution in [0.1, 0.15) is 17.5 Å². The summed E-state index contributed by atoms with van der Waals surface area (Å²) in [5.41, 5.74) is 2.21. The molecule has 3 nitrogen and oxygen atoms in total. The van der Waals surface area contributed by atoms with Gasteiger partial charge in [-0.1, -0.05) is 23.7 Å². The van der Waals surface area contributed by atoms with Crippen LogP contribution in [0.5, 0.6) is 0 Å². The summed E-state index contributed by atoms with van der Waals surface area (Å²) in [6.45, 7) is 3.08. The van der Waals surface area contributed by atoms with Crippen LogP contribution in [0.4, 0.5) is 0 Å². The summed E-state index contributed by atoms with van der Waals surface area (Å²) in [6.07, 6.45) is 0.846. The van der Waals surface area contributed by atoms with Gasteiger partial charge in [0.05, 0.1) is 12.2 Å². The third-order valence-corrected chi connectivity index (χ3v) is 4.65. The van der Waals surface area contributed by atoms with Gasteiger partial charge >= 0.3 is 0 Å². The molecule has 2 heterocycles. The monoisotopic (exact) mass is 292 g/mol. The molecular formula is C14H13ClN2OS. The summed E-state index contributed by atoms with van der Waals surface area (Å²) < 4.78 is 0. The number of rotatable bonds is 1. The molecule has 3 rings (SSSR count). The number of halogens is 1. The van der Waals surface area contributed by atoms with Gasteiger partial charge in [-0.05, 0) is 12.1 Å². The molecule has 1 aliphatic rings. The van der Waals surface area contributed by atoms with Crippen LogP contribution < -0.4 is 0 Å². The van der Waals surface area contributed by atoms with Gasteiger partial charge < -0.3 is 4.90 Å². The largest absolute Gasteiger partial charge is 0.337 e. The van der Waals surface area contributed by atoms with E-state index >= 15 is 0 Å². The van der Waals surface area contributed by atoms with Crippen LogP contribution in [0.25, 0.3) is 10.6 Å². The van der Waals surface area contributed by atoms with E-state index in [0.717, 1.165) is 34.3 Å². The lowest BCUT2D eigenvalue weighted by Gasteiger charge is -2.24. The predicted molar refractivity (Wildman–Crippen MR) is 77.4 cm³/mol. The Hall–Kier alpha value is -1.39. The minimum Gasteiger partial charge on any atom is -0.337 e. The molecule has 0 aliphatic carbocycles. The van der Waals surface area contributed by atoms with Crippen LogP contribution in [-0.4, -0.2) is 22.3 Å². The molecule has 0 radical (unpaired) electrons. The molecule has 1 aromatic heterocycles. The van der Waals surface area contributed by atoms with E-state index in [-0.39, 0.29) is 5.91 Å². The summed E-state index contributed by atoms with van der Waals surface area (Å²) in [7, 11) is 0. The van der Waals surface area contributed by atoms with Crippen molar-refractivity contribution < 1.29 is 4.79 Å². The van der Waals surface area contributed by atoms with Gasteiger partial charge in [0.25, 0.3) is 0 Å². The highest BCUT2D eigenvalue weighted by Crippen LogP contribution is 2.32. The lowest BCUT2D eigenvalue weighted by molar-refractivity contribution is -0.129. The van der Waals surface area contributed by atoms with E-state index in [9.17, 15) is 4.79 Å². The minimum absolute atomic E-state index is 0.132. The number of benzene rings is 1. The summed E-state index contributed by atoms with van der Waals surface area (Å²) in [5, 5.41) is 1.74. The Balaban J connectivity index is 1.91. The number of thiazole rings is 1. The van der Waals surface area contributed by atoms with E-state index in [4.69, 9.17) is 11.6 Å². The standard InChI is InChI=1S/C14H13ClN2OS/c1-9(18)17-7-6-12-13(8-17)19-14(16-12)10-2-4-11(15)5-3-10/h2-5H,6-8H2,1H3. The number of amides is 1. The van der Waals surface area contributed by atoms with Crippen molar-refractivity contribution in [3.63, 3.8) is 0 Å². The van der Waals surface area contributed by atoms with Crippen molar-refractivity contribution in [2.45, 2.75) is 19.9 Å². The predicted octanol–water partition coefficient (Wildman–Crippen LogP) is 3.37. The fraction of sp³-hybridized carbons (Fsp3) is 0.286. The first-order valence-electron chi connectivity index (χ1n) is 6.13. The third-order valence-electron chi connectivity index (χ3n) is 3.27. The van der Waals surface area contributed by atoms with E-state index in [1.54, 1.807) is 18.3 Å². The van der Waals surface area contributed by atoms with Crippen molar-refractivity contribution in [3.05, 3.63) is 39.9 Å². The van der Waals surface area contributed by atoms with Crippen molar-refractivity contribution in [1.82, 2.24) is 9.88 Å². The van der Waals surface area contributed by atoms with Crippen LogP contribution in [0.15, 0.2) is 24.3 Å².